The predicted octanol–water partition coefficient (Wildman–Crippen LogP) is -0.878. The van der Waals surface area contributed by atoms with Crippen LogP contribution in [0.3, 0.4) is 0 Å². The Kier molecular flexibility index (Phi) is 3.02. The number of anilines is 1. The second-order valence-electron chi connectivity index (χ2n) is 4.38. The van der Waals surface area contributed by atoms with Gasteiger partial charge in [0.1, 0.15) is 6.10 Å². The number of nitrogens with zero attached hydrogens (tertiary/aromatic N) is 3. The maximum atomic E-state index is 9.73. The molecule has 2 aromatic heterocycles. The van der Waals surface area contributed by atoms with Crippen molar-refractivity contribution in [3.63, 3.8) is 0 Å². The highest BCUT2D eigenvalue weighted by Gasteiger charge is 2.38. The average molecular weight is 287 g/mol. The molecule has 102 valence electrons. The fourth-order valence-corrected chi connectivity index (χ4v) is 2.45. The van der Waals surface area contributed by atoms with Gasteiger partial charge in [0.05, 0.1) is 12.7 Å². The minimum Gasteiger partial charge on any atom is -0.394 e. The van der Waals surface area contributed by atoms with Crippen molar-refractivity contribution in [1.29, 1.82) is 0 Å². The highest BCUT2D eigenvalue weighted by molar-refractivity contribution is 6.32. The Morgan fingerprint density at radius 1 is 1.63 bits per heavy atom. The molecule has 1 aliphatic heterocycles. The number of rotatable bonds is 2. The molecule has 3 heterocycles. The van der Waals surface area contributed by atoms with Crippen molar-refractivity contribution >= 4 is 28.7 Å². The summed E-state index contributed by atoms with van der Waals surface area (Å²) in [4.78, 5) is 10.9. The van der Waals surface area contributed by atoms with Gasteiger partial charge in [0.25, 0.3) is 12.0 Å². The van der Waals surface area contributed by atoms with Crippen LogP contribution >= 0.6 is 11.6 Å². The number of nitrogens with one attached hydrogen (secondary N) is 1. The van der Waals surface area contributed by atoms with E-state index < -0.39 is 18.4 Å². The standard InChI is InChI=1S/C10H12ClN5O3/c11-8-7-9(15-10(12)14-7)13-3-16(8)6-1-4(18)5(2-17)19-6/h3-6,17-18H,1-2H2,(H2,12,14)/p+1/t4-,5+,6?/m0/s1. The number of imidazole rings is 1. The number of aromatic amines is 1. The Labute approximate surface area is 112 Å². The Morgan fingerprint density at radius 3 is 3.11 bits per heavy atom. The van der Waals surface area contributed by atoms with E-state index in [0.29, 0.717) is 22.7 Å². The smallest absolute Gasteiger partial charge is 0.298 e. The molecular formula is C10H13ClN5O3+. The number of hydrogen-bond acceptors (Lipinski definition) is 6. The molecule has 1 saturated heterocycles. The van der Waals surface area contributed by atoms with E-state index in [1.54, 1.807) is 4.57 Å². The lowest BCUT2D eigenvalue weighted by Crippen LogP contribution is -2.41. The van der Waals surface area contributed by atoms with Gasteiger partial charge in [-0.05, 0) is 16.6 Å². The maximum absolute atomic E-state index is 9.73. The van der Waals surface area contributed by atoms with Crippen LogP contribution in [0.2, 0.25) is 5.15 Å². The maximum Gasteiger partial charge on any atom is 0.298 e. The highest BCUT2D eigenvalue weighted by atomic mass is 35.5. The van der Waals surface area contributed by atoms with E-state index in [2.05, 4.69) is 15.0 Å². The Morgan fingerprint density at radius 2 is 2.42 bits per heavy atom. The highest BCUT2D eigenvalue weighted by Crippen LogP contribution is 2.27. The average Bonchev–Trinajstić information content (AvgIpc) is 2.92. The number of ether oxygens (including phenoxy) is 1. The van der Waals surface area contributed by atoms with Crippen molar-refractivity contribution in [3.8, 4) is 0 Å². The normalized spacial score (nSPS) is 27.2. The predicted molar refractivity (Wildman–Crippen MR) is 65.1 cm³/mol. The molecule has 0 aromatic carbocycles. The zero-order valence-electron chi connectivity index (χ0n) is 9.82. The van der Waals surface area contributed by atoms with E-state index in [0.717, 1.165) is 0 Å². The fourth-order valence-electron chi connectivity index (χ4n) is 2.17. The van der Waals surface area contributed by atoms with Gasteiger partial charge < -0.3 is 25.7 Å². The first-order valence-electron chi connectivity index (χ1n) is 5.75. The summed E-state index contributed by atoms with van der Waals surface area (Å²) in [5.74, 6) is 0.225. The van der Waals surface area contributed by atoms with E-state index in [4.69, 9.17) is 27.2 Å². The molecule has 1 fully saturated rings. The van der Waals surface area contributed by atoms with Gasteiger partial charge in [-0.1, -0.05) is 0 Å². The van der Waals surface area contributed by atoms with Crippen LogP contribution in [0.25, 0.3) is 11.2 Å². The van der Waals surface area contributed by atoms with E-state index in [-0.39, 0.29) is 12.6 Å². The molecule has 0 aliphatic carbocycles. The summed E-state index contributed by atoms with van der Waals surface area (Å²) in [6.45, 7) is -0.247. The van der Waals surface area contributed by atoms with Crippen LogP contribution < -0.4 is 10.3 Å². The first kappa shape index (κ1) is 12.5. The molecule has 19 heavy (non-hydrogen) atoms. The Bertz CT molecular complexity index is 618. The van der Waals surface area contributed by atoms with Crippen LogP contribution in [0.1, 0.15) is 12.6 Å². The molecule has 1 unspecified atom stereocenters. The Hall–Kier alpha value is -1.48. The van der Waals surface area contributed by atoms with Crippen LogP contribution in [0.15, 0.2) is 6.33 Å². The third kappa shape index (κ3) is 2.02. The van der Waals surface area contributed by atoms with Gasteiger partial charge in [-0.25, -0.2) is 0 Å². The summed E-state index contributed by atoms with van der Waals surface area (Å²) in [6, 6.07) is 0. The second-order valence-corrected chi connectivity index (χ2v) is 4.74. The molecule has 5 N–H and O–H groups in total. The van der Waals surface area contributed by atoms with Gasteiger partial charge in [-0.2, -0.15) is 9.55 Å². The molecule has 0 spiro atoms. The molecule has 2 aromatic rings. The summed E-state index contributed by atoms with van der Waals surface area (Å²) in [5, 5.41) is 19.1. The van der Waals surface area contributed by atoms with Crippen molar-refractivity contribution in [2.24, 2.45) is 0 Å². The number of aliphatic hydroxyl groups excluding tert-OH is 2. The molecule has 0 bridgehead atoms. The zero-order valence-corrected chi connectivity index (χ0v) is 10.6. The van der Waals surface area contributed by atoms with Gasteiger partial charge in [0.2, 0.25) is 17.3 Å². The summed E-state index contributed by atoms with van der Waals surface area (Å²) in [6.07, 6.45) is -0.0348. The van der Waals surface area contributed by atoms with Crippen LogP contribution in [-0.4, -0.2) is 44.0 Å². The number of nitrogen functional groups attached to an aromatic ring is 1. The van der Waals surface area contributed by atoms with Gasteiger partial charge in [0, 0.05) is 6.42 Å². The molecule has 8 nitrogen and oxygen atoms in total. The van der Waals surface area contributed by atoms with Gasteiger partial charge >= 0.3 is 0 Å². The number of aliphatic hydroxyl groups is 2. The van der Waals surface area contributed by atoms with E-state index in [1.165, 1.54) is 6.33 Å². The lowest BCUT2D eigenvalue weighted by atomic mass is 10.2. The summed E-state index contributed by atoms with van der Waals surface area (Å²) in [5.41, 5.74) is 6.47. The third-order valence-corrected chi connectivity index (χ3v) is 3.52. The molecule has 3 rings (SSSR count). The SMILES string of the molecule is Nc1nc2nc[n+](C3C[C@H](O)[C@@H](CO)O3)c(Cl)c2[nH]1. The molecule has 1 aliphatic rings. The molecular weight excluding hydrogens is 274 g/mol. The van der Waals surface area contributed by atoms with E-state index >= 15 is 0 Å². The van der Waals surface area contributed by atoms with Crippen LogP contribution in [0.5, 0.6) is 0 Å². The van der Waals surface area contributed by atoms with Crippen LogP contribution in [-0.2, 0) is 4.74 Å². The number of halogens is 1. The van der Waals surface area contributed by atoms with Gasteiger partial charge in [0.15, 0.2) is 5.52 Å². The summed E-state index contributed by atoms with van der Waals surface area (Å²) >= 11 is 6.25. The van der Waals surface area contributed by atoms with Gasteiger partial charge in [-0.3, -0.25) is 0 Å². The lowest BCUT2D eigenvalue weighted by Gasteiger charge is -2.11. The first-order chi connectivity index (χ1) is 9.10. The lowest BCUT2D eigenvalue weighted by molar-refractivity contribution is -0.758. The van der Waals surface area contributed by atoms with E-state index in [9.17, 15) is 5.11 Å². The number of nitrogens with two attached hydrogens (primary N) is 1. The summed E-state index contributed by atoms with van der Waals surface area (Å²) in [7, 11) is 0. The third-order valence-electron chi connectivity index (χ3n) is 3.13. The molecule has 9 heteroatoms. The number of fused-ring (bicyclic) bond motifs is 1. The first-order valence-corrected chi connectivity index (χ1v) is 6.13. The molecule has 0 radical (unpaired) electrons. The molecule has 3 atom stereocenters. The fraction of sp³-hybridized carbons (Fsp3) is 0.500. The topological polar surface area (TPSA) is 121 Å². The van der Waals surface area contributed by atoms with Crippen LogP contribution in [0, 0.1) is 0 Å². The Balaban J connectivity index is 1.99. The number of aromatic nitrogens is 4. The van der Waals surface area contributed by atoms with Crippen LogP contribution in [0.4, 0.5) is 5.95 Å². The minimum absolute atomic E-state index is 0.225. The summed E-state index contributed by atoms with van der Waals surface area (Å²) < 4.78 is 7.09. The van der Waals surface area contributed by atoms with Crippen molar-refractivity contribution < 1.29 is 19.5 Å². The zero-order chi connectivity index (χ0) is 13.6. The van der Waals surface area contributed by atoms with Gasteiger partial charge in [-0.15, -0.1) is 0 Å². The van der Waals surface area contributed by atoms with E-state index in [1.807, 2.05) is 0 Å². The van der Waals surface area contributed by atoms with Crippen molar-refractivity contribution in [2.75, 3.05) is 12.3 Å². The second kappa shape index (κ2) is 4.57. The quantitative estimate of drug-likeness (QED) is 0.420. The molecule has 0 saturated carbocycles. The van der Waals surface area contributed by atoms with Crippen molar-refractivity contribution in [3.05, 3.63) is 11.5 Å². The number of H-pyrrole nitrogens is 1. The molecule has 0 amide bonds. The van der Waals surface area contributed by atoms with Crippen molar-refractivity contribution in [2.45, 2.75) is 24.9 Å². The largest absolute Gasteiger partial charge is 0.394 e. The van der Waals surface area contributed by atoms with Crippen molar-refractivity contribution in [1.82, 2.24) is 15.0 Å². The monoisotopic (exact) mass is 286 g/mol. The minimum atomic E-state index is -0.735. The number of hydrogen-bond donors (Lipinski definition) is 4.